The molecule has 1 heterocycles. The van der Waals surface area contributed by atoms with Gasteiger partial charge in [0.25, 0.3) is 0 Å². The fourth-order valence-electron chi connectivity index (χ4n) is 3.83. The van der Waals surface area contributed by atoms with E-state index in [9.17, 15) is 14.3 Å². The third-order valence-corrected chi connectivity index (χ3v) is 5.65. The first-order valence-corrected chi connectivity index (χ1v) is 9.82. The summed E-state index contributed by atoms with van der Waals surface area (Å²) in [6.45, 7) is 4.04. The Balaban J connectivity index is 1.71. The van der Waals surface area contributed by atoms with Crippen molar-refractivity contribution in [2.45, 2.75) is 51.6 Å². The lowest BCUT2D eigenvalue weighted by Crippen LogP contribution is -2.43. The summed E-state index contributed by atoms with van der Waals surface area (Å²) in [7, 11) is 0. The molecule has 3 nitrogen and oxygen atoms in total. The van der Waals surface area contributed by atoms with Gasteiger partial charge in [0, 0.05) is 6.42 Å². The highest BCUT2D eigenvalue weighted by molar-refractivity contribution is 5.83. The standard InChI is InChI=1S/C24H27FO3/c1-17(2)24(16-22(26)15-23(27)28-24)14-13-20-6-4-3-5-19(20)10-7-18-8-11-21(25)12-9-18/h3-6,8-9,11-12,15,17,26H,7,10,13-14,16H2,1-2H3. The number of halogens is 1. The fraction of sp³-hybridized carbons (Fsp3) is 0.375. The monoisotopic (exact) mass is 382 g/mol. The summed E-state index contributed by atoms with van der Waals surface area (Å²) >= 11 is 0. The number of cyclic esters (lactones) is 1. The second-order valence-corrected chi connectivity index (χ2v) is 7.85. The molecule has 0 saturated heterocycles. The number of hydrogen-bond donors (Lipinski definition) is 1. The number of carbonyl (C=O) groups excluding carboxylic acids is 1. The van der Waals surface area contributed by atoms with Crippen LogP contribution in [-0.2, 0) is 28.8 Å². The molecule has 2 aromatic carbocycles. The van der Waals surface area contributed by atoms with Crippen molar-refractivity contribution < 1.29 is 19.0 Å². The van der Waals surface area contributed by atoms with Gasteiger partial charge >= 0.3 is 5.97 Å². The Hall–Kier alpha value is -2.62. The van der Waals surface area contributed by atoms with Crippen LogP contribution in [0.15, 0.2) is 60.4 Å². The van der Waals surface area contributed by atoms with E-state index in [0.29, 0.717) is 12.8 Å². The maximum atomic E-state index is 13.1. The highest BCUT2D eigenvalue weighted by Crippen LogP contribution is 2.36. The second kappa shape index (κ2) is 8.59. The Morgan fingerprint density at radius 2 is 1.68 bits per heavy atom. The van der Waals surface area contributed by atoms with Crippen LogP contribution in [0, 0.1) is 11.7 Å². The van der Waals surface area contributed by atoms with Crippen LogP contribution in [0.1, 0.15) is 43.4 Å². The van der Waals surface area contributed by atoms with Crippen LogP contribution in [0.5, 0.6) is 0 Å². The maximum Gasteiger partial charge on any atom is 0.334 e. The molecule has 1 aliphatic heterocycles. The van der Waals surface area contributed by atoms with Crippen LogP contribution in [0.2, 0.25) is 0 Å². The van der Waals surface area contributed by atoms with Crippen molar-refractivity contribution in [2.24, 2.45) is 5.92 Å². The molecule has 0 spiro atoms. The number of rotatable bonds is 7. The van der Waals surface area contributed by atoms with Crippen molar-refractivity contribution in [3.8, 4) is 0 Å². The van der Waals surface area contributed by atoms with Gasteiger partial charge < -0.3 is 9.84 Å². The van der Waals surface area contributed by atoms with Crippen molar-refractivity contribution in [3.05, 3.63) is 82.9 Å². The first kappa shape index (κ1) is 20.1. The lowest BCUT2D eigenvalue weighted by molar-refractivity contribution is -0.163. The molecule has 0 saturated carbocycles. The molecule has 1 atom stereocenters. The van der Waals surface area contributed by atoms with E-state index < -0.39 is 11.6 Å². The lowest BCUT2D eigenvalue weighted by Gasteiger charge is -2.39. The number of aliphatic hydroxyl groups excluding tert-OH is 1. The van der Waals surface area contributed by atoms with Crippen LogP contribution < -0.4 is 0 Å². The number of benzene rings is 2. The predicted octanol–water partition coefficient (Wildman–Crippen LogP) is 5.33. The number of carbonyl (C=O) groups is 1. The topological polar surface area (TPSA) is 46.5 Å². The van der Waals surface area contributed by atoms with E-state index in [4.69, 9.17) is 4.74 Å². The number of ether oxygens (including phenoxy) is 1. The van der Waals surface area contributed by atoms with Gasteiger partial charge in [-0.05, 0) is 60.4 Å². The Kier molecular flexibility index (Phi) is 6.18. The molecule has 1 unspecified atom stereocenters. The van der Waals surface area contributed by atoms with Gasteiger partial charge in [-0.3, -0.25) is 0 Å². The minimum Gasteiger partial charge on any atom is -0.512 e. The number of aliphatic hydroxyl groups is 1. The summed E-state index contributed by atoms with van der Waals surface area (Å²) in [5.74, 6) is -0.502. The van der Waals surface area contributed by atoms with Crippen LogP contribution >= 0.6 is 0 Å². The molecule has 0 fully saturated rings. The Morgan fingerprint density at radius 1 is 1.04 bits per heavy atom. The molecular formula is C24H27FO3. The van der Waals surface area contributed by atoms with Crippen LogP contribution in [-0.4, -0.2) is 16.7 Å². The molecule has 3 rings (SSSR count). The van der Waals surface area contributed by atoms with Gasteiger partial charge in [-0.1, -0.05) is 50.2 Å². The zero-order valence-corrected chi connectivity index (χ0v) is 16.5. The van der Waals surface area contributed by atoms with E-state index in [0.717, 1.165) is 30.9 Å². The van der Waals surface area contributed by atoms with Crippen molar-refractivity contribution in [1.29, 1.82) is 0 Å². The molecule has 1 aliphatic rings. The van der Waals surface area contributed by atoms with Gasteiger partial charge in [0.05, 0.1) is 6.08 Å². The molecule has 28 heavy (non-hydrogen) atoms. The predicted molar refractivity (Wildman–Crippen MR) is 108 cm³/mol. The average molecular weight is 382 g/mol. The van der Waals surface area contributed by atoms with Gasteiger partial charge in [-0.25, -0.2) is 9.18 Å². The number of aryl methyl sites for hydroxylation is 3. The third-order valence-electron chi connectivity index (χ3n) is 5.65. The Labute approximate surface area is 165 Å². The van der Waals surface area contributed by atoms with E-state index in [1.54, 1.807) is 0 Å². The van der Waals surface area contributed by atoms with Gasteiger partial charge in [-0.2, -0.15) is 0 Å². The molecular weight excluding hydrogens is 355 g/mol. The van der Waals surface area contributed by atoms with E-state index in [1.165, 1.54) is 23.3 Å². The van der Waals surface area contributed by atoms with Crippen LogP contribution in [0.4, 0.5) is 4.39 Å². The number of esters is 1. The van der Waals surface area contributed by atoms with Gasteiger partial charge in [-0.15, -0.1) is 0 Å². The molecule has 0 aliphatic carbocycles. The van der Waals surface area contributed by atoms with Crippen molar-refractivity contribution >= 4 is 5.97 Å². The molecule has 148 valence electrons. The molecule has 0 radical (unpaired) electrons. The summed E-state index contributed by atoms with van der Waals surface area (Å²) < 4.78 is 18.8. The van der Waals surface area contributed by atoms with Crippen LogP contribution in [0.25, 0.3) is 0 Å². The minimum absolute atomic E-state index is 0.0922. The molecule has 4 heteroatoms. The minimum atomic E-state index is -0.681. The second-order valence-electron chi connectivity index (χ2n) is 7.85. The summed E-state index contributed by atoms with van der Waals surface area (Å²) in [4.78, 5) is 11.9. The summed E-state index contributed by atoms with van der Waals surface area (Å²) in [5.41, 5.74) is 2.88. The number of hydrogen-bond acceptors (Lipinski definition) is 3. The fourth-order valence-corrected chi connectivity index (χ4v) is 3.83. The molecule has 0 bridgehead atoms. The largest absolute Gasteiger partial charge is 0.512 e. The molecule has 2 aromatic rings. The van der Waals surface area contributed by atoms with Gasteiger partial charge in [0.15, 0.2) is 0 Å². The lowest BCUT2D eigenvalue weighted by atomic mass is 9.79. The highest BCUT2D eigenvalue weighted by Gasteiger charge is 2.41. The first-order chi connectivity index (χ1) is 13.4. The van der Waals surface area contributed by atoms with E-state index in [-0.39, 0.29) is 17.5 Å². The summed E-state index contributed by atoms with van der Waals surface area (Å²) in [6, 6.07) is 14.9. The maximum absolute atomic E-state index is 13.1. The summed E-state index contributed by atoms with van der Waals surface area (Å²) in [6.07, 6.45) is 4.64. The van der Waals surface area contributed by atoms with E-state index in [1.807, 2.05) is 38.1 Å². The quantitative estimate of drug-likeness (QED) is 0.659. The average Bonchev–Trinajstić information content (AvgIpc) is 2.66. The molecule has 0 amide bonds. The van der Waals surface area contributed by atoms with E-state index >= 15 is 0 Å². The summed E-state index contributed by atoms with van der Waals surface area (Å²) in [5, 5.41) is 9.98. The third kappa shape index (κ3) is 4.80. The Morgan fingerprint density at radius 3 is 2.29 bits per heavy atom. The molecule has 0 aromatic heterocycles. The van der Waals surface area contributed by atoms with Crippen molar-refractivity contribution in [2.75, 3.05) is 0 Å². The zero-order chi connectivity index (χ0) is 20.1. The molecule has 1 N–H and O–H groups in total. The smallest absolute Gasteiger partial charge is 0.334 e. The highest BCUT2D eigenvalue weighted by atomic mass is 19.1. The van der Waals surface area contributed by atoms with Gasteiger partial charge in [0.2, 0.25) is 0 Å². The van der Waals surface area contributed by atoms with E-state index in [2.05, 4.69) is 12.1 Å². The van der Waals surface area contributed by atoms with Gasteiger partial charge in [0.1, 0.15) is 17.2 Å². The normalized spacial score (nSPS) is 19.4. The van der Waals surface area contributed by atoms with Crippen molar-refractivity contribution in [3.63, 3.8) is 0 Å². The Bertz CT molecular complexity index is 854. The zero-order valence-electron chi connectivity index (χ0n) is 16.5. The van der Waals surface area contributed by atoms with Crippen molar-refractivity contribution in [1.82, 2.24) is 0 Å². The SMILES string of the molecule is CC(C)C1(CCc2ccccc2CCc2ccc(F)cc2)CC(O)=CC(=O)O1. The first-order valence-electron chi connectivity index (χ1n) is 9.82. The van der Waals surface area contributed by atoms with Crippen LogP contribution in [0.3, 0.4) is 0 Å².